The topological polar surface area (TPSA) is 84.2 Å². The van der Waals surface area contributed by atoms with Crippen molar-refractivity contribution in [2.45, 2.75) is 38.8 Å². The number of para-hydroxylation sites is 1. The number of hydrogen-bond acceptors (Lipinski definition) is 3. The lowest BCUT2D eigenvalue weighted by Gasteiger charge is -2.30. The number of carbonyl (C=O) groups excluding carboxylic acids is 1. The Morgan fingerprint density at radius 1 is 1.23 bits per heavy atom. The number of aromatic amines is 2. The average Bonchev–Trinajstić information content (AvgIpc) is 3.58. The maximum atomic E-state index is 11.3. The second-order valence-corrected chi connectivity index (χ2v) is 9.55. The molecular formula is C28H29ClN4O2. The van der Waals surface area contributed by atoms with Crippen molar-refractivity contribution in [3.8, 4) is 0 Å². The molecule has 5 rings (SSSR count). The van der Waals surface area contributed by atoms with Crippen LogP contribution in [0.15, 0.2) is 60.9 Å². The highest BCUT2D eigenvalue weighted by atomic mass is 35.5. The standard InChI is InChI=1S/C28H29ClN4O2/c1-18-24(29)16-31-26(18)17-33(13-12-21-15-30-25-5-3-2-4-22(21)25)27-10-8-20-14-19(6-9-23(20)27)7-11-28(34)32-35/h2-7,9,11,14-16,27,30-31,35H,8,10,12-13,17H2,1H3,(H,32,34). The Morgan fingerprint density at radius 2 is 2.09 bits per heavy atom. The molecule has 4 aromatic rings. The van der Waals surface area contributed by atoms with E-state index in [1.165, 1.54) is 33.7 Å². The Kier molecular flexibility index (Phi) is 6.77. The first kappa shape index (κ1) is 23.4. The second-order valence-electron chi connectivity index (χ2n) is 9.14. The van der Waals surface area contributed by atoms with Crippen molar-refractivity contribution in [2.75, 3.05) is 6.54 Å². The molecule has 1 unspecified atom stereocenters. The maximum Gasteiger partial charge on any atom is 0.267 e. The number of hydroxylamine groups is 1. The number of nitrogens with zero attached hydrogens (tertiary/aromatic N) is 1. The number of halogens is 1. The van der Waals surface area contributed by atoms with Gasteiger partial charge in [0.2, 0.25) is 0 Å². The van der Waals surface area contributed by atoms with Crippen molar-refractivity contribution >= 4 is 34.5 Å². The summed E-state index contributed by atoms with van der Waals surface area (Å²) < 4.78 is 0. The molecule has 4 N–H and O–H groups in total. The number of H-pyrrole nitrogens is 2. The van der Waals surface area contributed by atoms with Gasteiger partial charge in [0.15, 0.2) is 0 Å². The number of amides is 1. The van der Waals surface area contributed by atoms with Crippen LogP contribution in [0.5, 0.6) is 0 Å². The van der Waals surface area contributed by atoms with Crippen LogP contribution in [0.1, 0.15) is 46.0 Å². The monoisotopic (exact) mass is 488 g/mol. The van der Waals surface area contributed by atoms with Gasteiger partial charge in [0, 0.05) is 54.2 Å². The largest absolute Gasteiger partial charge is 0.362 e. The zero-order chi connectivity index (χ0) is 24.4. The fraction of sp³-hybridized carbons (Fsp3) is 0.250. The molecule has 0 saturated heterocycles. The van der Waals surface area contributed by atoms with Gasteiger partial charge in [-0.1, -0.05) is 48.0 Å². The number of hydrogen-bond donors (Lipinski definition) is 4. The Balaban J connectivity index is 1.40. The average molecular weight is 489 g/mol. The second kappa shape index (κ2) is 10.1. The van der Waals surface area contributed by atoms with Gasteiger partial charge in [-0.15, -0.1) is 0 Å². The molecule has 35 heavy (non-hydrogen) atoms. The Hall–Kier alpha value is -3.32. The van der Waals surface area contributed by atoms with Gasteiger partial charge in [0.25, 0.3) is 5.91 Å². The molecule has 0 spiro atoms. The van der Waals surface area contributed by atoms with Gasteiger partial charge in [-0.25, -0.2) is 5.48 Å². The number of rotatable bonds is 8. The smallest absolute Gasteiger partial charge is 0.267 e. The van der Waals surface area contributed by atoms with Crippen LogP contribution in [0.4, 0.5) is 0 Å². The van der Waals surface area contributed by atoms with Crippen molar-refractivity contribution in [3.05, 3.63) is 99.5 Å². The van der Waals surface area contributed by atoms with E-state index in [2.05, 4.69) is 64.4 Å². The lowest BCUT2D eigenvalue weighted by molar-refractivity contribution is -0.124. The maximum absolute atomic E-state index is 11.3. The van der Waals surface area contributed by atoms with Crippen LogP contribution in [0, 0.1) is 6.92 Å². The summed E-state index contributed by atoms with van der Waals surface area (Å²) in [6, 6.07) is 15.1. The van der Waals surface area contributed by atoms with Gasteiger partial charge in [-0.2, -0.15) is 0 Å². The highest BCUT2D eigenvalue weighted by Gasteiger charge is 2.29. The SMILES string of the molecule is Cc1c(Cl)c[nH]c1CN(CCc1c[nH]c2ccccc12)C1CCc2cc(C=CC(=O)NO)ccc21. The zero-order valence-corrected chi connectivity index (χ0v) is 20.4. The highest BCUT2D eigenvalue weighted by Crippen LogP contribution is 2.38. The van der Waals surface area contributed by atoms with Gasteiger partial charge in [-0.05, 0) is 66.1 Å². The van der Waals surface area contributed by atoms with Crippen LogP contribution in [0.25, 0.3) is 17.0 Å². The van der Waals surface area contributed by atoms with Gasteiger partial charge in [0.05, 0.1) is 5.02 Å². The highest BCUT2D eigenvalue weighted by molar-refractivity contribution is 6.31. The quantitative estimate of drug-likeness (QED) is 0.146. The molecule has 2 aromatic heterocycles. The molecule has 0 radical (unpaired) electrons. The molecule has 0 aliphatic heterocycles. The van der Waals surface area contributed by atoms with E-state index in [1.807, 2.05) is 12.3 Å². The summed E-state index contributed by atoms with van der Waals surface area (Å²) in [6.07, 6.45) is 10.0. The van der Waals surface area contributed by atoms with Crippen LogP contribution in [0.3, 0.4) is 0 Å². The van der Waals surface area contributed by atoms with Crippen LogP contribution in [-0.2, 0) is 24.2 Å². The van der Waals surface area contributed by atoms with E-state index in [4.69, 9.17) is 16.8 Å². The summed E-state index contributed by atoms with van der Waals surface area (Å²) >= 11 is 6.35. The summed E-state index contributed by atoms with van der Waals surface area (Å²) in [4.78, 5) is 20.7. The number of fused-ring (bicyclic) bond motifs is 2. The van der Waals surface area contributed by atoms with Gasteiger partial charge in [0.1, 0.15) is 0 Å². The Morgan fingerprint density at radius 3 is 2.89 bits per heavy atom. The first-order chi connectivity index (χ1) is 17.0. The molecule has 180 valence electrons. The molecule has 0 bridgehead atoms. The number of aromatic nitrogens is 2. The van der Waals surface area contributed by atoms with E-state index < -0.39 is 5.91 Å². The fourth-order valence-corrected chi connectivity index (χ4v) is 5.30. The number of carbonyl (C=O) groups is 1. The Bertz CT molecular complexity index is 1390. The summed E-state index contributed by atoms with van der Waals surface area (Å²) in [5.41, 5.74) is 9.97. The van der Waals surface area contributed by atoms with E-state index in [0.29, 0.717) is 6.04 Å². The molecule has 0 saturated carbocycles. The summed E-state index contributed by atoms with van der Waals surface area (Å²) in [5.74, 6) is -0.535. The summed E-state index contributed by atoms with van der Waals surface area (Å²) in [5, 5.41) is 10.8. The van der Waals surface area contributed by atoms with Gasteiger partial charge in [-0.3, -0.25) is 14.9 Å². The zero-order valence-electron chi connectivity index (χ0n) is 19.6. The molecule has 2 aromatic carbocycles. The van der Waals surface area contributed by atoms with Crippen molar-refractivity contribution in [2.24, 2.45) is 0 Å². The minimum absolute atomic E-state index is 0.301. The van der Waals surface area contributed by atoms with Crippen molar-refractivity contribution in [1.29, 1.82) is 0 Å². The molecule has 1 amide bonds. The van der Waals surface area contributed by atoms with Crippen LogP contribution < -0.4 is 5.48 Å². The van der Waals surface area contributed by atoms with E-state index in [1.54, 1.807) is 11.6 Å². The lowest BCUT2D eigenvalue weighted by Crippen LogP contribution is -2.29. The summed E-state index contributed by atoms with van der Waals surface area (Å²) in [6.45, 7) is 3.78. The van der Waals surface area contributed by atoms with E-state index in [0.717, 1.165) is 54.2 Å². The third-order valence-corrected chi connectivity index (χ3v) is 7.47. The number of nitrogens with one attached hydrogen (secondary N) is 3. The Labute approximate surface area is 209 Å². The predicted molar refractivity (Wildman–Crippen MR) is 139 cm³/mol. The number of benzene rings is 2. The number of aryl methyl sites for hydroxylation is 1. The molecule has 7 heteroatoms. The fourth-order valence-electron chi connectivity index (χ4n) is 5.13. The molecular weight excluding hydrogens is 460 g/mol. The van der Waals surface area contributed by atoms with Crippen molar-refractivity contribution in [1.82, 2.24) is 20.3 Å². The molecule has 1 aliphatic carbocycles. The van der Waals surface area contributed by atoms with E-state index in [-0.39, 0.29) is 0 Å². The van der Waals surface area contributed by atoms with E-state index >= 15 is 0 Å². The molecule has 6 nitrogen and oxygen atoms in total. The van der Waals surface area contributed by atoms with Crippen molar-refractivity contribution < 1.29 is 10.0 Å². The minimum atomic E-state index is -0.535. The summed E-state index contributed by atoms with van der Waals surface area (Å²) in [7, 11) is 0. The molecule has 2 heterocycles. The van der Waals surface area contributed by atoms with Crippen LogP contribution in [0.2, 0.25) is 5.02 Å². The lowest BCUT2D eigenvalue weighted by atomic mass is 10.0. The van der Waals surface area contributed by atoms with Crippen LogP contribution >= 0.6 is 11.6 Å². The molecule has 0 fully saturated rings. The first-order valence-corrected chi connectivity index (χ1v) is 12.3. The minimum Gasteiger partial charge on any atom is -0.362 e. The normalized spacial score (nSPS) is 15.4. The molecule has 1 aliphatic rings. The third-order valence-electron chi connectivity index (χ3n) is 7.08. The van der Waals surface area contributed by atoms with Crippen molar-refractivity contribution in [3.63, 3.8) is 0 Å². The van der Waals surface area contributed by atoms with Crippen LogP contribution in [-0.4, -0.2) is 32.5 Å². The van der Waals surface area contributed by atoms with Gasteiger partial charge < -0.3 is 9.97 Å². The van der Waals surface area contributed by atoms with Gasteiger partial charge >= 0.3 is 0 Å². The molecule has 1 atom stereocenters. The first-order valence-electron chi connectivity index (χ1n) is 11.9. The predicted octanol–water partition coefficient (Wildman–Crippen LogP) is 5.71. The van der Waals surface area contributed by atoms with E-state index in [9.17, 15) is 4.79 Å². The third kappa shape index (κ3) is 4.91.